The van der Waals surface area contributed by atoms with Crippen molar-refractivity contribution < 1.29 is 51.4 Å². The fourth-order valence-electron chi connectivity index (χ4n) is 10.4. The molecule has 3 aliphatic heterocycles. The highest BCUT2D eigenvalue weighted by molar-refractivity contribution is 8.07. The van der Waals surface area contributed by atoms with Crippen LogP contribution in [0.15, 0.2) is 19.0 Å². The van der Waals surface area contributed by atoms with Crippen molar-refractivity contribution in [2.24, 2.45) is 16.2 Å². The minimum Gasteiger partial charge on any atom is -0.382 e. The predicted octanol–water partition coefficient (Wildman–Crippen LogP) is 9.04. The number of anilines is 6. The number of aromatic nitrogens is 12. The first-order valence-corrected chi connectivity index (χ1v) is 32.6. The summed E-state index contributed by atoms with van der Waals surface area (Å²) in [6, 6.07) is 0. The number of nitrogens with zero attached hydrogens (tertiary/aromatic N) is 12. The van der Waals surface area contributed by atoms with E-state index in [9.17, 15) is 14.4 Å². The molecule has 6 aromatic heterocycles. The summed E-state index contributed by atoms with van der Waals surface area (Å²) in [7, 11) is -4.30. The van der Waals surface area contributed by atoms with Gasteiger partial charge in [0.05, 0.1) is 72.4 Å². The lowest BCUT2D eigenvalue weighted by atomic mass is 9.87. The average molecular weight is 1260 g/mol. The Labute approximate surface area is 508 Å². The van der Waals surface area contributed by atoms with Crippen molar-refractivity contribution in [3.63, 3.8) is 0 Å². The Morgan fingerprint density at radius 2 is 0.791 bits per heavy atom. The fraction of sp³-hybridized carbons (Fsp3) is 0.722. The van der Waals surface area contributed by atoms with Gasteiger partial charge in [-0.2, -0.15) is 29.9 Å². The molecule has 29 nitrogen and oxygen atoms in total. The molecule has 0 aliphatic carbocycles. The maximum Gasteiger partial charge on any atom is 0.473 e. The van der Waals surface area contributed by atoms with Crippen LogP contribution in [-0.4, -0.2) is 122 Å². The van der Waals surface area contributed by atoms with E-state index in [1.54, 1.807) is 48.9 Å². The molecule has 0 radical (unpaired) electrons. The van der Waals surface area contributed by atoms with Crippen molar-refractivity contribution in [3.8, 4) is 0 Å². The summed E-state index contributed by atoms with van der Waals surface area (Å²) in [5.41, 5.74) is 36.2. The molecular weight excluding hydrogens is 1170 g/mol. The smallest absolute Gasteiger partial charge is 0.382 e. The third kappa shape index (κ3) is 18.7. The number of ether oxygens (including phenoxy) is 4. The number of phosphoric ester groups is 1. The number of rotatable bonds is 13. The standard InChI is InChI=1S/C18H31N6O5P.C18H31N6O4PS.C18H30N6O2/c1-17(2,3)8-11-10(28-30(25,26)29-18(4,5)6)7-12(27-11)24-9-21-13-14(19)22-16(20)23-15(13)24;1-17(2,3)8-11-10(27-29(25,30)28-18(4,5)6)7-12(26-11)24-9-21-13-14(19)22-16(20)23-15(13)24;1-17(2,3)8-11-10(26-18(4,5)6)7-12(25-11)24-9-21-13-14(19)22-16(20)23-15(13)24/h9-12H,7-8H2,1-6H3,(H,25,26)(H4,19,20,22,23);9-12H,7-8H2,1-6H3,(H,25,30)(H4,19,20,22,23);9-12H,7-8H2,1-6H3,(H4,19,20,22,23)/t10?,11-,12-;10?,11-,12-,29?;10?,11-,12-/m111/s1. The zero-order valence-corrected chi connectivity index (χ0v) is 55.5. The first-order chi connectivity index (χ1) is 39.2. The minimum absolute atomic E-state index is 0.00629. The van der Waals surface area contributed by atoms with Crippen LogP contribution in [0.4, 0.5) is 35.3 Å². The van der Waals surface area contributed by atoms with E-state index in [1.807, 2.05) is 25.3 Å². The average Bonchev–Trinajstić information content (AvgIpc) is 1.70. The molecule has 3 fully saturated rings. The molecule has 3 saturated heterocycles. The van der Waals surface area contributed by atoms with E-state index in [0.717, 1.165) is 6.42 Å². The highest BCUT2D eigenvalue weighted by atomic mass is 32.5. The van der Waals surface area contributed by atoms with Crippen LogP contribution in [0, 0.1) is 16.2 Å². The molecule has 32 heteroatoms. The summed E-state index contributed by atoms with van der Waals surface area (Å²) in [5, 5.41) is 0. The van der Waals surface area contributed by atoms with Crippen LogP contribution in [0.2, 0.25) is 0 Å². The number of nitrogens with two attached hydrogens (primary N) is 6. The SMILES string of the molecule is CC(C)(C)C[C@H]1O[C@@H](n2cnc3c(N)nc(N)nc32)CC1OC(C)(C)C.CC(C)(C)C[C@H]1O[C@@H](n2cnc3c(N)nc(N)nc32)CC1OP(=O)(O)OC(C)(C)C.CC(C)(C)C[C@H]1O[C@@H](n2cnc3c(N)nc(N)nc32)CC1OP(O)(=S)OC(C)(C)C. The van der Waals surface area contributed by atoms with Gasteiger partial charge in [-0.3, -0.25) is 22.7 Å². The Morgan fingerprint density at radius 1 is 0.488 bits per heavy atom. The Balaban J connectivity index is 0.000000185. The largest absolute Gasteiger partial charge is 0.473 e. The highest BCUT2D eigenvalue weighted by Crippen LogP contribution is 2.54. The van der Waals surface area contributed by atoms with Gasteiger partial charge < -0.3 is 72.2 Å². The number of nitrogen functional groups attached to an aromatic ring is 6. The summed E-state index contributed by atoms with van der Waals surface area (Å²) in [4.78, 5) is 58.4. The van der Waals surface area contributed by atoms with Gasteiger partial charge in [-0.05, 0) is 110 Å². The normalized spacial score (nSPS) is 24.8. The monoisotopic (exact) mass is 1260 g/mol. The molecule has 0 aromatic carbocycles. The lowest BCUT2D eigenvalue weighted by Crippen LogP contribution is -2.35. The molecular formula is C54H92N18O11P2S. The van der Waals surface area contributed by atoms with Gasteiger partial charge in [0.1, 0.15) is 35.2 Å². The Morgan fingerprint density at radius 3 is 1.09 bits per heavy atom. The third-order valence-electron chi connectivity index (χ3n) is 13.1. The van der Waals surface area contributed by atoms with Crippen LogP contribution in [0.25, 0.3) is 33.5 Å². The maximum atomic E-state index is 12.6. The van der Waals surface area contributed by atoms with Crippen LogP contribution in [0.1, 0.15) is 182 Å². The number of fused-ring (bicyclic) bond motifs is 3. The van der Waals surface area contributed by atoms with E-state index in [2.05, 4.69) is 128 Å². The molecule has 0 amide bonds. The molecule has 0 bridgehead atoms. The molecule has 3 aliphatic rings. The van der Waals surface area contributed by atoms with E-state index in [4.69, 9.17) is 83.3 Å². The zero-order valence-electron chi connectivity index (χ0n) is 52.9. The topological polar surface area (TPSA) is 418 Å². The molecule has 0 spiro atoms. The molecule has 14 N–H and O–H groups in total. The van der Waals surface area contributed by atoms with Crippen LogP contribution in [0.5, 0.6) is 0 Å². The van der Waals surface area contributed by atoms with Gasteiger partial charge in [0.2, 0.25) is 17.8 Å². The number of phosphoric acid groups is 1. The molecule has 5 unspecified atom stereocenters. The fourth-order valence-corrected chi connectivity index (χ4v) is 14.0. The van der Waals surface area contributed by atoms with Crippen LogP contribution >= 0.6 is 14.5 Å². The van der Waals surface area contributed by atoms with E-state index in [-0.39, 0.29) is 81.7 Å². The Hall–Kier alpha value is -5.07. The molecule has 86 heavy (non-hydrogen) atoms. The van der Waals surface area contributed by atoms with Crippen LogP contribution in [-0.2, 0) is 53.4 Å². The number of imidazole rings is 3. The Kier molecular flexibility index (Phi) is 19.9. The van der Waals surface area contributed by atoms with Crippen LogP contribution < -0.4 is 34.4 Å². The minimum atomic E-state index is -4.30. The van der Waals surface area contributed by atoms with Gasteiger partial charge in [0.15, 0.2) is 34.4 Å². The van der Waals surface area contributed by atoms with Crippen LogP contribution in [0.3, 0.4) is 0 Å². The Bertz CT molecular complexity index is 3250. The van der Waals surface area contributed by atoms with Gasteiger partial charge in [0, 0.05) is 19.3 Å². The van der Waals surface area contributed by atoms with Crippen molar-refractivity contribution in [3.05, 3.63) is 19.0 Å². The second kappa shape index (κ2) is 25.1. The summed E-state index contributed by atoms with van der Waals surface area (Å²) in [6.07, 6.45) is 5.40. The number of hydrogen-bond acceptors (Lipinski definition) is 25. The quantitative estimate of drug-likeness (QED) is 0.0499. The van der Waals surface area contributed by atoms with E-state index >= 15 is 0 Å². The molecule has 0 saturated carbocycles. The van der Waals surface area contributed by atoms with Crippen molar-refractivity contribution in [1.29, 1.82) is 0 Å². The first kappa shape index (κ1) is 68.4. The third-order valence-corrected chi connectivity index (χ3v) is 16.2. The van der Waals surface area contributed by atoms with Crippen molar-refractivity contribution in [2.75, 3.05) is 34.4 Å². The molecule has 9 heterocycles. The second-order valence-corrected chi connectivity index (χ2v) is 32.7. The van der Waals surface area contributed by atoms with Crippen molar-refractivity contribution >= 4 is 95.1 Å². The summed E-state index contributed by atoms with van der Waals surface area (Å²) < 4.78 is 65.5. The summed E-state index contributed by atoms with van der Waals surface area (Å²) >= 11 is 5.27. The molecule has 480 valence electrons. The molecule has 11 atom stereocenters. The van der Waals surface area contributed by atoms with Gasteiger partial charge in [0.25, 0.3) is 0 Å². The summed E-state index contributed by atoms with van der Waals surface area (Å²) in [5.74, 6) is 0.867. The lowest BCUT2D eigenvalue weighted by molar-refractivity contribution is -0.102. The van der Waals surface area contributed by atoms with Gasteiger partial charge in [-0.15, -0.1) is 0 Å². The van der Waals surface area contributed by atoms with Crippen molar-refractivity contribution in [1.82, 2.24) is 58.6 Å². The van der Waals surface area contributed by atoms with Crippen molar-refractivity contribution in [2.45, 2.75) is 235 Å². The molecule has 6 aromatic rings. The van der Waals surface area contributed by atoms with E-state index in [1.165, 1.54) is 0 Å². The molecule has 9 rings (SSSR count). The maximum absolute atomic E-state index is 12.6. The number of hydrogen-bond donors (Lipinski definition) is 8. The predicted molar refractivity (Wildman–Crippen MR) is 333 cm³/mol. The van der Waals surface area contributed by atoms with E-state index < -0.39 is 56.5 Å². The van der Waals surface area contributed by atoms with E-state index in [0.29, 0.717) is 65.6 Å². The lowest BCUT2D eigenvalue weighted by Gasteiger charge is -2.31. The first-order valence-electron chi connectivity index (χ1n) is 28.5. The van der Waals surface area contributed by atoms with Gasteiger partial charge >= 0.3 is 14.5 Å². The highest BCUT2D eigenvalue weighted by Gasteiger charge is 2.46. The zero-order chi connectivity index (χ0) is 64.2. The van der Waals surface area contributed by atoms with Gasteiger partial charge in [-0.25, -0.2) is 19.5 Å². The summed E-state index contributed by atoms with van der Waals surface area (Å²) in [6.45, 7) is 32.4. The van der Waals surface area contributed by atoms with Gasteiger partial charge in [-0.1, -0.05) is 62.3 Å². The second-order valence-electron chi connectivity index (χ2n) is 28.7.